The molecule has 0 bridgehead atoms. The number of nitro groups is 1. The Labute approximate surface area is 165 Å². The Hall–Kier alpha value is -2.35. The molecule has 0 saturated carbocycles. The molecule has 1 aromatic rings. The molecular formula is C20H29N3O5. The molecule has 1 N–H and O–H groups in total. The van der Waals surface area contributed by atoms with E-state index in [0.717, 1.165) is 44.3 Å². The van der Waals surface area contributed by atoms with E-state index in [-0.39, 0.29) is 11.3 Å². The van der Waals surface area contributed by atoms with Gasteiger partial charge in [0.1, 0.15) is 18.8 Å². The summed E-state index contributed by atoms with van der Waals surface area (Å²) in [6.45, 7) is 9.08. The third kappa shape index (κ3) is 5.13. The van der Waals surface area contributed by atoms with E-state index in [4.69, 9.17) is 9.47 Å². The Morgan fingerprint density at radius 2 is 1.82 bits per heavy atom. The molecule has 0 aliphatic carbocycles. The summed E-state index contributed by atoms with van der Waals surface area (Å²) in [7, 11) is 0. The highest BCUT2D eigenvalue weighted by molar-refractivity contribution is 5.99. The lowest BCUT2D eigenvalue weighted by atomic mass is 9.92. The fourth-order valence-corrected chi connectivity index (χ4v) is 4.14. The molecule has 1 aromatic carbocycles. The fourth-order valence-electron chi connectivity index (χ4n) is 4.14. The first-order valence-corrected chi connectivity index (χ1v) is 10.0. The van der Waals surface area contributed by atoms with E-state index < -0.39 is 10.8 Å². The smallest absolute Gasteiger partial charge is 0.286 e. The van der Waals surface area contributed by atoms with Crippen LogP contribution in [0.25, 0.3) is 0 Å². The first-order chi connectivity index (χ1) is 13.4. The molecule has 0 aromatic heterocycles. The van der Waals surface area contributed by atoms with E-state index in [1.807, 2.05) is 0 Å². The number of nitrogens with one attached hydrogen (secondary N) is 1. The molecule has 2 atom stereocenters. The third-order valence-corrected chi connectivity index (χ3v) is 5.23. The second-order valence-corrected chi connectivity index (χ2v) is 7.94. The molecule has 154 valence electrons. The highest BCUT2D eigenvalue weighted by atomic mass is 16.6. The van der Waals surface area contributed by atoms with Crippen molar-refractivity contribution in [1.82, 2.24) is 10.2 Å². The number of likely N-dealkylation sites (tertiary alicyclic amines) is 1. The average Bonchev–Trinajstić information content (AvgIpc) is 2.65. The van der Waals surface area contributed by atoms with Crippen LogP contribution in [0.2, 0.25) is 0 Å². The van der Waals surface area contributed by atoms with Crippen LogP contribution in [0.1, 0.15) is 43.5 Å². The first kappa shape index (κ1) is 20.4. The molecule has 1 saturated heterocycles. The Morgan fingerprint density at radius 1 is 1.18 bits per heavy atom. The number of fused-ring (bicyclic) bond motifs is 1. The minimum atomic E-state index is -0.564. The maximum atomic E-state index is 12.5. The lowest BCUT2D eigenvalue weighted by Crippen LogP contribution is -2.39. The third-order valence-electron chi connectivity index (χ3n) is 5.23. The van der Waals surface area contributed by atoms with Crippen molar-refractivity contribution in [3.63, 3.8) is 0 Å². The van der Waals surface area contributed by atoms with Crippen molar-refractivity contribution in [3.8, 4) is 11.5 Å². The minimum Gasteiger partial charge on any atom is -0.486 e. The molecule has 2 aliphatic heterocycles. The normalized spacial score (nSPS) is 21.9. The zero-order chi connectivity index (χ0) is 20.1. The molecule has 2 heterocycles. The van der Waals surface area contributed by atoms with Crippen LogP contribution in [0, 0.1) is 22.0 Å². The Balaban J connectivity index is 1.50. The van der Waals surface area contributed by atoms with Crippen LogP contribution in [0.4, 0.5) is 5.69 Å². The van der Waals surface area contributed by atoms with Gasteiger partial charge in [-0.1, -0.05) is 13.8 Å². The largest absolute Gasteiger partial charge is 0.486 e. The molecule has 1 amide bonds. The van der Waals surface area contributed by atoms with Crippen molar-refractivity contribution in [1.29, 1.82) is 0 Å². The molecule has 28 heavy (non-hydrogen) atoms. The first-order valence-electron chi connectivity index (χ1n) is 10.0. The Kier molecular flexibility index (Phi) is 6.72. The number of nitro benzene ring substituents is 1. The Bertz CT molecular complexity index is 714. The van der Waals surface area contributed by atoms with Gasteiger partial charge in [-0.05, 0) is 37.6 Å². The van der Waals surface area contributed by atoms with E-state index in [2.05, 4.69) is 24.1 Å². The highest BCUT2D eigenvalue weighted by Gasteiger charge is 2.26. The maximum absolute atomic E-state index is 12.5. The zero-order valence-electron chi connectivity index (χ0n) is 16.6. The number of carbonyl (C=O) groups is 1. The van der Waals surface area contributed by atoms with Gasteiger partial charge in [0.2, 0.25) is 0 Å². The second kappa shape index (κ2) is 9.23. The lowest BCUT2D eigenvalue weighted by molar-refractivity contribution is -0.385. The molecule has 1 fully saturated rings. The van der Waals surface area contributed by atoms with Gasteiger partial charge in [-0.3, -0.25) is 14.9 Å². The van der Waals surface area contributed by atoms with Gasteiger partial charge >= 0.3 is 0 Å². The van der Waals surface area contributed by atoms with E-state index >= 15 is 0 Å². The van der Waals surface area contributed by atoms with Crippen molar-refractivity contribution in [2.45, 2.75) is 33.1 Å². The number of hydrogen-bond donors (Lipinski definition) is 1. The number of amides is 1. The molecule has 2 aliphatic rings. The molecule has 0 spiro atoms. The predicted octanol–water partition coefficient (Wildman–Crippen LogP) is 2.85. The molecule has 3 rings (SSSR count). The molecular weight excluding hydrogens is 362 g/mol. The summed E-state index contributed by atoms with van der Waals surface area (Å²) >= 11 is 0. The summed E-state index contributed by atoms with van der Waals surface area (Å²) in [5.41, 5.74) is -0.258. The Morgan fingerprint density at radius 3 is 2.46 bits per heavy atom. The van der Waals surface area contributed by atoms with Crippen molar-refractivity contribution >= 4 is 11.6 Å². The number of benzene rings is 1. The average molecular weight is 391 g/mol. The SMILES string of the molecule is CC1CC(C)CN(CCCCNC(=O)c2cc3c(cc2[N+](=O)[O-])OCCO3)C1. The van der Waals surface area contributed by atoms with Gasteiger partial charge in [0.25, 0.3) is 11.6 Å². The summed E-state index contributed by atoms with van der Waals surface area (Å²) in [6, 6.07) is 2.67. The van der Waals surface area contributed by atoms with Crippen LogP contribution in [0.5, 0.6) is 11.5 Å². The van der Waals surface area contributed by atoms with Crippen LogP contribution >= 0.6 is 0 Å². The van der Waals surface area contributed by atoms with E-state index in [0.29, 0.717) is 31.3 Å². The van der Waals surface area contributed by atoms with Gasteiger partial charge in [-0.15, -0.1) is 0 Å². The second-order valence-electron chi connectivity index (χ2n) is 7.94. The summed E-state index contributed by atoms with van der Waals surface area (Å²) in [6.07, 6.45) is 3.12. The highest BCUT2D eigenvalue weighted by Crippen LogP contribution is 2.36. The summed E-state index contributed by atoms with van der Waals surface area (Å²) in [5.74, 6) is 1.69. The zero-order valence-corrected chi connectivity index (χ0v) is 16.6. The van der Waals surface area contributed by atoms with E-state index in [9.17, 15) is 14.9 Å². The van der Waals surface area contributed by atoms with E-state index in [1.165, 1.54) is 18.6 Å². The van der Waals surface area contributed by atoms with E-state index in [1.54, 1.807) is 0 Å². The lowest BCUT2D eigenvalue weighted by Gasteiger charge is -2.34. The number of piperidine rings is 1. The van der Waals surface area contributed by atoms with Crippen molar-refractivity contribution in [3.05, 3.63) is 27.8 Å². The van der Waals surface area contributed by atoms with Crippen LogP contribution < -0.4 is 14.8 Å². The van der Waals surface area contributed by atoms with Gasteiger partial charge in [-0.2, -0.15) is 0 Å². The van der Waals surface area contributed by atoms with Gasteiger partial charge in [-0.25, -0.2) is 0 Å². The quantitative estimate of drug-likeness (QED) is 0.436. The topological polar surface area (TPSA) is 93.9 Å². The van der Waals surface area contributed by atoms with Gasteiger partial charge in [0.15, 0.2) is 11.5 Å². The standard InChI is InChI=1S/C20H29N3O5/c1-14-9-15(2)13-22(12-14)6-4-3-5-21-20(24)16-10-18-19(28-8-7-27-18)11-17(16)23(25)26/h10-11,14-15H,3-9,12-13H2,1-2H3,(H,21,24). The van der Waals surface area contributed by atoms with Gasteiger partial charge in [0, 0.05) is 25.7 Å². The predicted molar refractivity (Wildman–Crippen MR) is 105 cm³/mol. The number of rotatable bonds is 7. The van der Waals surface area contributed by atoms with Crippen LogP contribution in [-0.4, -0.2) is 55.1 Å². The number of unbranched alkanes of at least 4 members (excludes halogenated alkanes) is 1. The molecule has 2 unspecified atom stereocenters. The monoisotopic (exact) mass is 391 g/mol. The van der Waals surface area contributed by atoms with Crippen molar-refractivity contribution in [2.75, 3.05) is 39.4 Å². The fraction of sp³-hybridized carbons (Fsp3) is 0.650. The van der Waals surface area contributed by atoms with Gasteiger partial charge < -0.3 is 19.7 Å². The van der Waals surface area contributed by atoms with Crippen molar-refractivity contribution in [2.24, 2.45) is 11.8 Å². The van der Waals surface area contributed by atoms with Crippen LogP contribution in [0.3, 0.4) is 0 Å². The van der Waals surface area contributed by atoms with Crippen LogP contribution in [0.15, 0.2) is 12.1 Å². The number of nitrogens with zero attached hydrogens (tertiary/aromatic N) is 2. The summed E-state index contributed by atoms with van der Waals surface area (Å²) in [4.78, 5) is 25.8. The summed E-state index contributed by atoms with van der Waals surface area (Å²) < 4.78 is 10.8. The maximum Gasteiger partial charge on any atom is 0.286 e. The molecule has 0 radical (unpaired) electrons. The van der Waals surface area contributed by atoms with Gasteiger partial charge in [0.05, 0.1) is 11.0 Å². The molecule has 8 nitrogen and oxygen atoms in total. The summed E-state index contributed by atoms with van der Waals surface area (Å²) in [5, 5.41) is 14.1. The van der Waals surface area contributed by atoms with Crippen molar-refractivity contribution < 1.29 is 19.2 Å². The minimum absolute atomic E-state index is 0.00734. The van der Waals surface area contributed by atoms with Crippen LogP contribution in [-0.2, 0) is 0 Å². The number of ether oxygens (including phenoxy) is 2. The number of hydrogen-bond acceptors (Lipinski definition) is 6. The molecule has 8 heteroatoms. The number of carbonyl (C=O) groups excluding carboxylic acids is 1.